The minimum atomic E-state index is -1.35. The predicted molar refractivity (Wildman–Crippen MR) is 29.2 cm³/mol. The number of alkyl halides is 1. The summed E-state index contributed by atoms with van der Waals surface area (Å²) in [4.78, 5) is 0. The van der Waals surface area contributed by atoms with E-state index in [9.17, 15) is 13.2 Å². The van der Waals surface area contributed by atoms with Gasteiger partial charge in [0.15, 0.2) is 9.66 Å². The van der Waals surface area contributed by atoms with E-state index in [1.165, 1.54) is 0 Å². The normalized spacial score (nSPS) is 13.7. The molecule has 0 bridgehead atoms. The summed E-state index contributed by atoms with van der Waals surface area (Å²) in [6, 6.07) is 0. The maximum absolute atomic E-state index is 11.4. The third-order valence-corrected chi connectivity index (χ3v) is 0.908. The van der Waals surface area contributed by atoms with Crippen LogP contribution in [0.1, 0.15) is 0 Å². The number of rotatable bonds is 1. The number of hydrogen-bond acceptors (Lipinski definition) is 0. The highest BCUT2D eigenvalue weighted by atomic mass is 127. The summed E-state index contributed by atoms with van der Waals surface area (Å²) in [6.45, 7) is -1.35. The lowest BCUT2D eigenvalue weighted by Crippen LogP contribution is -1.73. The average molecular weight is 222 g/mol. The van der Waals surface area contributed by atoms with Crippen molar-refractivity contribution in [2.75, 3.05) is 6.67 Å². The number of allylic oxidation sites excluding steroid dienone is 1. The molecule has 0 saturated heterocycles. The molecule has 0 rings (SSSR count). The van der Waals surface area contributed by atoms with E-state index < -0.39 is 16.3 Å². The molecular formula is C3H2F3I. The van der Waals surface area contributed by atoms with Gasteiger partial charge in [-0.15, -0.1) is 0 Å². The van der Waals surface area contributed by atoms with Crippen LogP contribution in [-0.4, -0.2) is 6.67 Å². The molecule has 0 aliphatic carbocycles. The Kier molecular flexibility index (Phi) is 3.41. The third kappa shape index (κ3) is 2.90. The van der Waals surface area contributed by atoms with E-state index in [0.717, 1.165) is 22.6 Å². The molecule has 7 heavy (non-hydrogen) atoms. The summed E-state index contributed by atoms with van der Waals surface area (Å²) in [5, 5.41) is 0. The molecule has 0 fully saturated rings. The van der Waals surface area contributed by atoms with Crippen molar-refractivity contribution in [1.82, 2.24) is 0 Å². The first-order valence-electron chi connectivity index (χ1n) is 1.44. The van der Waals surface area contributed by atoms with Gasteiger partial charge in [-0.25, -0.2) is 8.78 Å². The number of halogens is 4. The van der Waals surface area contributed by atoms with Crippen LogP contribution in [0.2, 0.25) is 0 Å². The van der Waals surface area contributed by atoms with E-state index in [0.29, 0.717) is 0 Å². The zero-order valence-corrected chi connectivity index (χ0v) is 5.38. The van der Waals surface area contributed by atoms with E-state index >= 15 is 0 Å². The maximum atomic E-state index is 11.4. The van der Waals surface area contributed by atoms with Gasteiger partial charge in [0, 0.05) is 0 Å². The maximum Gasteiger partial charge on any atom is 0.194 e. The molecule has 0 saturated carbocycles. The first-order chi connectivity index (χ1) is 3.18. The molecule has 0 aromatic rings. The van der Waals surface area contributed by atoms with Crippen molar-refractivity contribution >= 4 is 22.6 Å². The largest absolute Gasteiger partial charge is 0.243 e. The van der Waals surface area contributed by atoms with Crippen molar-refractivity contribution in [1.29, 1.82) is 0 Å². The molecule has 42 valence electrons. The van der Waals surface area contributed by atoms with Gasteiger partial charge in [0.2, 0.25) is 0 Å². The Bertz CT molecular complexity index is 84.2. The molecule has 0 aromatic heterocycles. The smallest absolute Gasteiger partial charge is 0.194 e. The monoisotopic (exact) mass is 222 g/mol. The molecule has 4 heteroatoms. The standard InChI is InChI=1S/C3H2F3I/c4-1-2(5)3(6)7/h1H2. The molecule has 0 unspecified atom stereocenters. The fraction of sp³-hybridized carbons (Fsp3) is 0.333. The molecule has 0 nitrogen and oxygen atoms in total. The summed E-state index contributed by atoms with van der Waals surface area (Å²) >= 11 is 1.07. The van der Waals surface area contributed by atoms with Crippen LogP contribution in [0.3, 0.4) is 0 Å². The summed E-state index contributed by atoms with van der Waals surface area (Å²) in [5.41, 5.74) is 0. The Labute approximate surface area is 52.5 Å². The zero-order chi connectivity index (χ0) is 5.86. The topological polar surface area (TPSA) is 0 Å². The average Bonchev–Trinajstić information content (AvgIpc) is 1.65. The Balaban J connectivity index is 3.72. The fourth-order valence-corrected chi connectivity index (χ4v) is 0.195. The van der Waals surface area contributed by atoms with Crippen LogP contribution in [0.5, 0.6) is 0 Å². The summed E-state index contributed by atoms with van der Waals surface area (Å²) < 4.78 is 32.6. The van der Waals surface area contributed by atoms with Gasteiger partial charge in [-0.3, -0.25) is 0 Å². The van der Waals surface area contributed by atoms with Gasteiger partial charge in [-0.05, 0) is 22.6 Å². The van der Waals surface area contributed by atoms with E-state index in [-0.39, 0.29) is 0 Å². The lowest BCUT2D eigenvalue weighted by molar-refractivity contribution is 0.442. The predicted octanol–water partition coefficient (Wildman–Crippen LogP) is 2.50. The van der Waals surface area contributed by atoms with Crippen LogP contribution in [-0.2, 0) is 0 Å². The quantitative estimate of drug-likeness (QED) is 0.598. The van der Waals surface area contributed by atoms with E-state index in [4.69, 9.17) is 0 Å². The van der Waals surface area contributed by atoms with Crippen molar-refractivity contribution in [2.24, 2.45) is 0 Å². The lowest BCUT2D eigenvalue weighted by atomic mass is 10.7. The zero-order valence-electron chi connectivity index (χ0n) is 3.22. The van der Waals surface area contributed by atoms with Crippen LogP contribution in [0.4, 0.5) is 13.2 Å². The van der Waals surface area contributed by atoms with Gasteiger partial charge in [0.1, 0.15) is 6.67 Å². The minimum Gasteiger partial charge on any atom is -0.243 e. The Morgan fingerprint density at radius 2 is 1.86 bits per heavy atom. The fourth-order valence-electron chi connectivity index (χ4n) is 0.0505. The van der Waals surface area contributed by atoms with Crippen molar-refractivity contribution in [3.8, 4) is 0 Å². The molecule has 0 atom stereocenters. The minimum absolute atomic E-state index is 1.07. The van der Waals surface area contributed by atoms with Crippen LogP contribution in [0, 0.1) is 0 Å². The first kappa shape index (κ1) is 7.26. The van der Waals surface area contributed by atoms with E-state index in [1.54, 1.807) is 0 Å². The summed E-state index contributed by atoms with van der Waals surface area (Å²) in [7, 11) is 0. The van der Waals surface area contributed by atoms with E-state index in [1.807, 2.05) is 0 Å². The molecule has 0 heterocycles. The summed E-state index contributed by atoms with van der Waals surface area (Å²) in [5.74, 6) is -1.33. The Morgan fingerprint density at radius 3 is 1.86 bits per heavy atom. The van der Waals surface area contributed by atoms with Gasteiger partial charge in [0.25, 0.3) is 0 Å². The summed E-state index contributed by atoms with van der Waals surface area (Å²) in [6.07, 6.45) is 0. The molecule has 0 aliphatic rings. The molecular weight excluding hydrogens is 220 g/mol. The molecule has 0 N–H and O–H groups in total. The highest BCUT2D eigenvalue weighted by Crippen LogP contribution is 2.14. The molecule has 0 spiro atoms. The molecule has 0 radical (unpaired) electrons. The molecule has 0 aromatic carbocycles. The van der Waals surface area contributed by atoms with Crippen LogP contribution in [0.25, 0.3) is 0 Å². The highest BCUT2D eigenvalue weighted by molar-refractivity contribution is 14.1. The van der Waals surface area contributed by atoms with Crippen molar-refractivity contribution in [2.45, 2.75) is 0 Å². The Morgan fingerprint density at radius 1 is 1.43 bits per heavy atom. The van der Waals surface area contributed by atoms with Gasteiger partial charge in [-0.1, -0.05) is 0 Å². The first-order valence-corrected chi connectivity index (χ1v) is 2.52. The van der Waals surface area contributed by atoms with Gasteiger partial charge in [-0.2, -0.15) is 4.39 Å². The van der Waals surface area contributed by atoms with Gasteiger partial charge >= 0.3 is 0 Å². The van der Waals surface area contributed by atoms with Crippen LogP contribution in [0.15, 0.2) is 9.66 Å². The lowest BCUT2D eigenvalue weighted by Gasteiger charge is -1.81. The number of hydrogen-bond donors (Lipinski definition) is 0. The van der Waals surface area contributed by atoms with Crippen LogP contribution < -0.4 is 0 Å². The Hall–Kier alpha value is 0.260. The third-order valence-electron chi connectivity index (χ3n) is 0.322. The van der Waals surface area contributed by atoms with Crippen molar-refractivity contribution in [3.63, 3.8) is 0 Å². The SMILES string of the molecule is FCC(F)=C(F)I. The van der Waals surface area contributed by atoms with Crippen molar-refractivity contribution < 1.29 is 13.2 Å². The molecule has 0 amide bonds. The van der Waals surface area contributed by atoms with Gasteiger partial charge in [0.05, 0.1) is 0 Å². The van der Waals surface area contributed by atoms with Crippen LogP contribution >= 0.6 is 22.6 Å². The van der Waals surface area contributed by atoms with Gasteiger partial charge < -0.3 is 0 Å². The molecule has 0 aliphatic heterocycles. The second-order valence-corrected chi connectivity index (χ2v) is 1.75. The second kappa shape index (κ2) is 3.29. The van der Waals surface area contributed by atoms with Crippen molar-refractivity contribution in [3.05, 3.63) is 9.66 Å². The second-order valence-electron chi connectivity index (χ2n) is 0.799. The van der Waals surface area contributed by atoms with E-state index in [2.05, 4.69) is 0 Å². The highest BCUT2D eigenvalue weighted by Gasteiger charge is 1.98.